The van der Waals surface area contributed by atoms with Gasteiger partial charge in [0.2, 0.25) is 5.91 Å². The fourth-order valence-electron chi connectivity index (χ4n) is 1.86. The molecule has 1 aromatic heterocycles. The number of hydrogen-bond acceptors (Lipinski definition) is 5. The van der Waals surface area contributed by atoms with E-state index in [9.17, 15) is 4.79 Å². The minimum Gasteiger partial charge on any atom is -0.493 e. The van der Waals surface area contributed by atoms with Gasteiger partial charge in [-0.1, -0.05) is 0 Å². The van der Waals surface area contributed by atoms with Crippen molar-refractivity contribution in [2.75, 3.05) is 19.0 Å². The van der Waals surface area contributed by atoms with Crippen LogP contribution in [0.2, 0.25) is 0 Å². The van der Waals surface area contributed by atoms with Crippen LogP contribution >= 0.6 is 12.4 Å². The molecule has 0 aliphatic carbocycles. The van der Waals surface area contributed by atoms with Gasteiger partial charge in [0, 0.05) is 37.1 Å². The van der Waals surface area contributed by atoms with Crippen LogP contribution in [0, 0.1) is 0 Å². The molecule has 7 heteroatoms. The number of carbonyl (C=O) groups excluding carboxylic acids is 1. The molecule has 1 aromatic carbocycles. The SMILES string of the molecule is COc1ccc(NC(=O)CCN)cc1OCc1ccncc1.Cl. The molecule has 0 saturated heterocycles. The summed E-state index contributed by atoms with van der Waals surface area (Å²) >= 11 is 0. The summed E-state index contributed by atoms with van der Waals surface area (Å²) in [6.07, 6.45) is 3.69. The Bertz CT molecular complexity index is 623. The Morgan fingerprint density at radius 2 is 1.96 bits per heavy atom. The molecule has 0 unspecified atom stereocenters. The maximum atomic E-state index is 11.6. The standard InChI is InChI=1S/C16H19N3O3.ClH/c1-21-14-3-2-13(19-16(20)4-7-17)10-15(14)22-11-12-5-8-18-9-6-12;/h2-3,5-6,8-10H,4,7,11,17H2,1H3,(H,19,20);1H. The number of benzene rings is 1. The van der Waals surface area contributed by atoms with Gasteiger partial charge in [0.05, 0.1) is 7.11 Å². The van der Waals surface area contributed by atoms with Crippen molar-refractivity contribution in [1.29, 1.82) is 0 Å². The van der Waals surface area contributed by atoms with Gasteiger partial charge in [-0.05, 0) is 29.8 Å². The van der Waals surface area contributed by atoms with E-state index in [1.54, 1.807) is 37.7 Å². The number of hydrogen-bond donors (Lipinski definition) is 2. The molecule has 2 aromatic rings. The van der Waals surface area contributed by atoms with Gasteiger partial charge in [-0.3, -0.25) is 9.78 Å². The third-order valence-electron chi connectivity index (χ3n) is 2.96. The number of nitrogens with two attached hydrogens (primary N) is 1. The van der Waals surface area contributed by atoms with Crippen molar-refractivity contribution in [3.63, 3.8) is 0 Å². The van der Waals surface area contributed by atoms with Crippen molar-refractivity contribution in [3.05, 3.63) is 48.3 Å². The Balaban J connectivity index is 0.00000264. The van der Waals surface area contributed by atoms with E-state index in [0.29, 0.717) is 30.3 Å². The van der Waals surface area contributed by atoms with E-state index < -0.39 is 0 Å². The molecule has 0 atom stereocenters. The second-order valence-electron chi connectivity index (χ2n) is 4.60. The summed E-state index contributed by atoms with van der Waals surface area (Å²) in [6, 6.07) is 8.99. The largest absolute Gasteiger partial charge is 0.493 e. The molecule has 0 aliphatic rings. The molecule has 124 valence electrons. The highest BCUT2D eigenvalue weighted by Crippen LogP contribution is 2.30. The van der Waals surface area contributed by atoms with E-state index in [1.807, 2.05) is 12.1 Å². The van der Waals surface area contributed by atoms with Crippen molar-refractivity contribution in [2.24, 2.45) is 5.73 Å². The number of nitrogens with zero attached hydrogens (tertiary/aromatic N) is 1. The Labute approximate surface area is 141 Å². The molecular weight excluding hydrogens is 318 g/mol. The summed E-state index contributed by atoms with van der Waals surface area (Å²) in [6.45, 7) is 0.701. The first-order valence-corrected chi connectivity index (χ1v) is 6.92. The van der Waals surface area contributed by atoms with Gasteiger partial charge in [0.15, 0.2) is 11.5 Å². The molecule has 6 nitrogen and oxygen atoms in total. The van der Waals surface area contributed by atoms with Crippen molar-refractivity contribution in [1.82, 2.24) is 4.98 Å². The minimum atomic E-state index is -0.132. The fourth-order valence-corrected chi connectivity index (χ4v) is 1.86. The number of methoxy groups -OCH3 is 1. The van der Waals surface area contributed by atoms with Crippen LogP contribution in [0.4, 0.5) is 5.69 Å². The summed E-state index contributed by atoms with van der Waals surface area (Å²) in [5.74, 6) is 1.03. The maximum Gasteiger partial charge on any atom is 0.225 e. The van der Waals surface area contributed by atoms with Gasteiger partial charge in [0.25, 0.3) is 0 Å². The first kappa shape index (κ1) is 18.7. The Kier molecular flexibility index (Phi) is 7.87. The number of pyridine rings is 1. The number of nitrogens with one attached hydrogen (secondary N) is 1. The molecule has 0 saturated carbocycles. The number of carbonyl (C=O) groups is 1. The summed E-state index contributed by atoms with van der Waals surface area (Å²) in [5.41, 5.74) is 7.00. The zero-order valence-corrected chi connectivity index (χ0v) is 13.6. The minimum absolute atomic E-state index is 0. The van der Waals surface area contributed by atoms with Crippen molar-refractivity contribution < 1.29 is 14.3 Å². The van der Waals surface area contributed by atoms with Gasteiger partial charge in [-0.15, -0.1) is 12.4 Å². The predicted molar refractivity (Wildman–Crippen MR) is 91.1 cm³/mol. The monoisotopic (exact) mass is 337 g/mol. The van der Waals surface area contributed by atoms with E-state index in [0.717, 1.165) is 5.56 Å². The van der Waals surface area contributed by atoms with E-state index in [1.165, 1.54) is 0 Å². The average molecular weight is 338 g/mol. The highest BCUT2D eigenvalue weighted by molar-refractivity contribution is 5.91. The molecule has 0 aliphatic heterocycles. The summed E-state index contributed by atoms with van der Waals surface area (Å²) in [7, 11) is 1.57. The molecular formula is C16H20ClN3O3. The predicted octanol–water partition coefficient (Wildman–Crippen LogP) is 2.38. The van der Waals surface area contributed by atoms with Crippen LogP contribution in [0.25, 0.3) is 0 Å². The van der Waals surface area contributed by atoms with Crippen LogP contribution < -0.4 is 20.5 Å². The van der Waals surface area contributed by atoms with E-state index in [2.05, 4.69) is 10.3 Å². The first-order valence-electron chi connectivity index (χ1n) is 6.92. The summed E-state index contributed by atoms with van der Waals surface area (Å²) in [5, 5.41) is 2.77. The smallest absolute Gasteiger partial charge is 0.225 e. The van der Waals surface area contributed by atoms with Gasteiger partial charge >= 0.3 is 0 Å². The molecule has 23 heavy (non-hydrogen) atoms. The van der Waals surface area contributed by atoms with Crippen LogP contribution in [0.1, 0.15) is 12.0 Å². The van der Waals surface area contributed by atoms with Gasteiger partial charge in [-0.2, -0.15) is 0 Å². The van der Waals surface area contributed by atoms with Gasteiger partial charge in [-0.25, -0.2) is 0 Å². The lowest BCUT2D eigenvalue weighted by atomic mass is 10.2. The van der Waals surface area contributed by atoms with E-state index in [-0.39, 0.29) is 24.7 Å². The fraction of sp³-hybridized carbons (Fsp3) is 0.250. The molecule has 0 fully saturated rings. The molecule has 0 bridgehead atoms. The number of halogens is 1. The molecule has 1 heterocycles. The Hall–Kier alpha value is -2.31. The van der Waals surface area contributed by atoms with E-state index >= 15 is 0 Å². The number of aromatic nitrogens is 1. The summed E-state index contributed by atoms with van der Waals surface area (Å²) < 4.78 is 11.0. The quantitative estimate of drug-likeness (QED) is 0.810. The second kappa shape index (κ2) is 9.66. The van der Waals surface area contributed by atoms with Gasteiger partial charge < -0.3 is 20.5 Å². The number of anilines is 1. The lowest BCUT2D eigenvalue weighted by Gasteiger charge is -2.13. The molecule has 0 spiro atoms. The second-order valence-corrected chi connectivity index (χ2v) is 4.60. The Morgan fingerprint density at radius 1 is 1.22 bits per heavy atom. The lowest BCUT2D eigenvalue weighted by Crippen LogP contribution is -2.16. The third-order valence-corrected chi connectivity index (χ3v) is 2.96. The normalized spacial score (nSPS) is 9.65. The van der Waals surface area contributed by atoms with Gasteiger partial charge in [0.1, 0.15) is 6.61 Å². The zero-order chi connectivity index (χ0) is 15.8. The number of amides is 1. The average Bonchev–Trinajstić information content (AvgIpc) is 2.54. The summed E-state index contributed by atoms with van der Waals surface area (Å²) in [4.78, 5) is 15.5. The van der Waals surface area contributed by atoms with Crippen LogP contribution in [-0.2, 0) is 11.4 Å². The topological polar surface area (TPSA) is 86.5 Å². The highest BCUT2D eigenvalue weighted by atomic mass is 35.5. The van der Waals surface area contributed by atoms with Crippen LogP contribution in [0.5, 0.6) is 11.5 Å². The zero-order valence-electron chi connectivity index (χ0n) is 12.8. The molecule has 3 N–H and O–H groups in total. The molecule has 2 rings (SSSR count). The van der Waals surface area contributed by atoms with Crippen molar-refractivity contribution >= 4 is 24.0 Å². The van der Waals surface area contributed by atoms with Crippen molar-refractivity contribution in [2.45, 2.75) is 13.0 Å². The van der Waals surface area contributed by atoms with Crippen molar-refractivity contribution in [3.8, 4) is 11.5 Å². The van der Waals surface area contributed by atoms with Crippen LogP contribution in [0.15, 0.2) is 42.7 Å². The Morgan fingerprint density at radius 3 is 2.61 bits per heavy atom. The molecule has 0 radical (unpaired) electrons. The number of ether oxygens (including phenoxy) is 2. The van der Waals surface area contributed by atoms with Crippen LogP contribution in [-0.4, -0.2) is 24.5 Å². The van der Waals surface area contributed by atoms with E-state index in [4.69, 9.17) is 15.2 Å². The molecule has 1 amide bonds. The lowest BCUT2D eigenvalue weighted by molar-refractivity contribution is -0.116. The third kappa shape index (κ3) is 5.77. The highest BCUT2D eigenvalue weighted by Gasteiger charge is 2.08. The maximum absolute atomic E-state index is 11.6. The number of rotatable bonds is 7. The first-order chi connectivity index (χ1) is 10.7. The van der Waals surface area contributed by atoms with Crippen LogP contribution in [0.3, 0.4) is 0 Å².